The Balaban J connectivity index is 2.02. The van der Waals surface area contributed by atoms with Crippen molar-refractivity contribution in [3.63, 3.8) is 0 Å². The second-order valence-corrected chi connectivity index (χ2v) is 11.3. The fourth-order valence-electron chi connectivity index (χ4n) is 6.05. The molecule has 1 aromatic heterocycles. The van der Waals surface area contributed by atoms with Crippen LogP contribution in [0.1, 0.15) is 80.8 Å². The fourth-order valence-corrected chi connectivity index (χ4v) is 6.05. The van der Waals surface area contributed by atoms with Crippen molar-refractivity contribution in [2.75, 3.05) is 0 Å². The molecule has 3 aromatic carbocycles. The molecule has 0 N–H and O–H groups in total. The summed E-state index contributed by atoms with van der Waals surface area (Å²) in [6.07, 6.45) is 0. The maximum Gasteiger partial charge on any atom is 0.230 e. The average Bonchev–Trinajstić information content (AvgIpc) is 2.65. The normalized spacial score (nSPS) is 21.2. The zero-order valence-corrected chi connectivity index (χ0v) is 19.7. The molecule has 0 bridgehead atoms. The molecule has 0 amide bonds. The molecule has 160 valence electrons. The first-order chi connectivity index (χ1) is 14.6. The van der Waals surface area contributed by atoms with Gasteiger partial charge in [-0.1, -0.05) is 102 Å². The molecule has 1 heterocycles. The highest BCUT2D eigenvalue weighted by Gasteiger charge is 2.55. The van der Waals surface area contributed by atoms with Crippen LogP contribution in [-0.4, -0.2) is 0 Å². The summed E-state index contributed by atoms with van der Waals surface area (Å²) < 4.78 is 11.2. The van der Waals surface area contributed by atoms with Crippen LogP contribution in [0.4, 0.5) is 0 Å². The van der Waals surface area contributed by atoms with E-state index in [2.05, 4.69) is 109 Å². The van der Waals surface area contributed by atoms with Gasteiger partial charge in [0.15, 0.2) is 0 Å². The lowest BCUT2D eigenvalue weighted by Gasteiger charge is -2.53. The van der Waals surface area contributed by atoms with E-state index in [0.29, 0.717) is 0 Å². The van der Waals surface area contributed by atoms with Crippen LogP contribution in [0.3, 0.4) is 0 Å². The first kappa shape index (κ1) is 20.2. The second kappa shape index (κ2) is 6.38. The van der Waals surface area contributed by atoms with Crippen LogP contribution in [0, 0.1) is 17.8 Å². The molecule has 0 aliphatic heterocycles. The third-order valence-electron chi connectivity index (χ3n) is 7.21. The van der Waals surface area contributed by atoms with Gasteiger partial charge in [-0.2, -0.15) is 0 Å². The highest BCUT2D eigenvalue weighted by atomic mass is 17.0. The van der Waals surface area contributed by atoms with Crippen molar-refractivity contribution in [1.82, 2.24) is 0 Å². The van der Waals surface area contributed by atoms with E-state index in [4.69, 9.17) is 9.15 Å². The van der Waals surface area contributed by atoms with Crippen LogP contribution < -0.4 is 0 Å². The van der Waals surface area contributed by atoms with E-state index in [1.54, 1.807) is 0 Å². The molecule has 4 aromatic rings. The van der Waals surface area contributed by atoms with E-state index in [-0.39, 0.29) is 22.2 Å². The predicted octanol–water partition coefficient (Wildman–Crippen LogP) is 8.21. The molecule has 1 aliphatic carbocycles. The molecule has 2 heteroatoms. The molecule has 0 radical (unpaired) electrons. The second-order valence-electron chi connectivity index (χ2n) is 11.3. The van der Waals surface area contributed by atoms with Crippen molar-refractivity contribution >= 4 is 11.2 Å². The first-order valence-electron chi connectivity index (χ1n) is 11.3. The molecule has 0 fully saturated rings. The Hall–Kier alpha value is -2.74. The van der Waals surface area contributed by atoms with E-state index in [0.717, 1.165) is 11.2 Å². The monoisotopic (exact) mass is 412 g/mol. The summed E-state index contributed by atoms with van der Waals surface area (Å²) in [7, 11) is 0. The van der Waals surface area contributed by atoms with Gasteiger partial charge in [-0.3, -0.25) is 9.15 Å². The fraction of sp³-hybridized carbons (Fsp3) is 0.379. The van der Waals surface area contributed by atoms with Gasteiger partial charge in [-0.15, -0.1) is 0 Å². The summed E-state index contributed by atoms with van der Waals surface area (Å²) >= 11 is 0. The Morgan fingerprint density at radius 3 is 2.00 bits per heavy atom. The molecule has 0 saturated heterocycles. The first-order valence-corrected chi connectivity index (χ1v) is 11.3. The van der Waals surface area contributed by atoms with Crippen molar-refractivity contribution in [2.45, 2.75) is 59.8 Å². The van der Waals surface area contributed by atoms with Crippen LogP contribution >= 0.6 is 0 Å². The predicted molar refractivity (Wildman–Crippen MR) is 127 cm³/mol. The largest absolute Gasteiger partial charge is 0.286 e. The summed E-state index contributed by atoms with van der Waals surface area (Å²) in [5, 5.41) is 0. The van der Waals surface area contributed by atoms with Gasteiger partial charge in [0.1, 0.15) is 0 Å². The Kier molecular flexibility index (Phi) is 4.16. The lowest BCUT2D eigenvalue weighted by atomic mass is 9.49. The molecular formula is C29H32O2. The minimum Gasteiger partial charge on any atom is -0.286 e. The van der Waals surface area contributed by atoms with Crippen molar-refractivity contribution in [2.24, 2.45) is 10.8 Å². The van der Waals surface area contributed by atoms with E-state index in [1.165, 1.54) is 33.4 Å². The summed E-state index contributed by atoms with van der Waals surface area (Å²) in [6.45, 7) is 16.2. The number of benzene rings is 3. The zero-order valence-electron chi connectivity index (χ0n) is 19.7. The average molecular weight is 413 g/mol. The Bertz CT molecular complexity index is 1250. The Morgan fingerprint density at radius 2 is 1.42 bits per heavy atom. The number of fused-ring (bicyclic) bond motifs is 4. The van der Waals surface area contributed by atoms with Gasteiger partial charge in [0.2, 0.25) is 11.2 Å². The van der Waals surface area contributed by atoms with Crippen molar-refractivity contribution < 1.29 is 9.15 Å². The highest BCUT2D eigenvalue weighted by molar-refractivity contribution is 5.83. The summed E-state index contributed by atoms with van der Waals surface area (Å²) in [5.74, 6) is 0.272. The summed E-state index contributed by atoms with van der Waals surface area (Å²) in [4.78, 5) is 0. The van der Waals surface area contributed by atoms with E-state index in [1.807, 2.05) is 0 Å². The van der Waals surface area contributed by atoms with Crippen LogP contribution in [0.5, 0.6) is 0 Å². The van der Waals surface area contributed by atoms with E-state index >= 15 is 0 Å². The lowest BCUT2D eigenvalue weighted by Crippen LogP contribution is -2.47. The zero-order chi connectivity index (χ0) is 22.2. The molecule has 5 rings (SSSR count). The lowest BCUT2D eigenvalue weighted by molar-refractivity contribution is 0.0558. The van der Waals surface area contributed by atoms with Crippen molar-refractivity contribution in [1.29, 1.82) is 0 Å². The standard InChI is InChI=1S/C29H32O2/c1-18-12-14-19(15-13-18)29(28(5,6)7)22-11-9-8-10-20(22)24(27(2,3)4)21-16-17-23-26(25(21)29)31-30-23/h8-17,24H,1-7H3. The van der Waals surface area contributed by atoms with E-state index < -0.39 is 0 Å². The third kappa shape index (κ3) is 2.63. The van der Waals surface area contributed by atoms with Crippen LogP contribution in [0.2, 0.25) is 0 Å². The van der Waals surface area contributed by atoms with Gasteiger partial charge in [0, 0.05) is 11.5 Å². The smallest absolute Gasteiger partial charge is 0.230 e. The Morgan fingerprint density at radius 1 is 0.742 bits per heavy atom. The van der Waals surface area contributed by atoms with Gasteiger partial charge >= 0.3 is 0 Å². The van der Waals surface area contributed by atoms with Crippen LogP contribution in [0.15, 0.2) is 69.8 Å². The number of hydrogen-bond acceptors (Lipinski definition) is 2. The van der Waals surface area contributed by atoms with Crippen LogP contribution in [-0.2, 0) is 5.41 Å². The molecule has 2 nitrogen and oxygen atoms in total. The molecule has 1 aliphatic rings. The quantitative estimate of drug-likeness (QED) is 0.294. The molecule has 0 spiro atoms. The third-order valence-corrected chi connectivity index (χ3v) is 7.21. The van der Waals surface area contributed by atoms with Crippen molar-refractivity contribution in [3.8, 4) is 0 Å². The number of aryl methyl sites for hydroxylation is 1. The minimum atomic E-state index is -0.358. The SMILES string of the molecule is Cc1ccc(C2(C(C)(C)C)c3ccccc3C(C(C)(C)C)c3ccc4ooc4c32)cc1. The van der Waals surface area contributed by atoms with Gasteiger partial charge in [-0.05, 0) is 46.1 Å². The topological polar surface area (TPSA) is 26.3 Å². The molecule has 2 atom stereocenters. The molecule has 2 unspecified atom stereocenters. The van der Waals surface area contributed by atoms with Gasteiger partial charge in [0.25, 0.3) is 0 Å². The molecular weight excluding hydrogens is 380 g/mol. The minimum absolute atomic E-state index is 0.0566. The maximum atomic E-state index is 5.75. The summed E-state index contributed by atoms with van der Waals surface area (Å²) in [5.41, 5.74) is 9.31. The van der Waals surface area contributed by atoms with Crippen molar-refractivity contribution in [3.05, 3.63) is 94.0 Å². The highest BCUT2D eigenvalue weighted by Crippen LogP contribution is 2.62. The van der Waals surface area contributed by atoms with Gasteiger partial charge in [-0.25, -0.2) is 0 Å². The Labute approximate surface area is 185 Å². The van der Waals surface area contributed by atoms with Crippen LogP contribution in [0.25, 0.3) is 11.2 Å². The molecule has 0 saturated carbocycles. The number of hydrogen-bond donors (Lipinski definition) is 0. The number of rotatable bonds is 1. The van der Waals surface area contributed by atoms with E-state index in [9.17, 15) is 0 Å². The summed E-state index contributed by atoms with van der Waals surface area (Å²) in [6, 6.07) is 22.5. The molecule has 31 heavy (non-hydrogen) atoms. The van der Waals surface area contributed by atoms with Gasteiger partial charge in [0.05, 0.1) is 5.41 Å². The maximum absolute atomic E-state index is 5.75. The van der Waals surface area contributed by atoms with Gasteiger partial charge < -0.3 is 0 Å².